The number of carbonyl (C=O) groups excluding carboxylic acids is 2. The van der Waals surface area contributed by atoms with Crippen LogP contribution in [0.1, 0.15) is 74.8 Å². The lowest BCUT2D eigenvalue weighted by atomic mass is 9.65. The lowest BCUT2D eigenvalue weighted by Crippen LogP contribution is -2.39. The van der Waals surface area contributed by atoms with Crippen molar-refractivity contribution in [1.29, 1.82) is 0 Å². The van der Waals surface area contributed by atoms with Gasteiger partial charge in [0.05, 0.1) is 6.54 Å². The molecule has 2 saturated heterocycles. The molecule has 6 nitrogen and oxygen atoms in total. The molecule has 3 fully saturated rings. The van der Waals surface area contributed by atoms with Crippen LogP contribution in [0.4, 0.5) is 5.69 Å². The molecule has 3 heterocycles. The summed E-state index contributed by atoms with van der Waals surface area (Å²) < 4.78 is 0. The Labute approximate surface area is 209 Å². The molecule has 186 valence electrons. The van der Waals surface area contributed by atoms with Gasteiger partial charge in [0.15, 0.2) is 0 Å². The fraction of sp³-hybridized carbons (Fsp3) is 0.552. The number of pyridine rings is 1. The first-order valence-corrected chi connectivity index (χ1v) is 13.0. The van der Waals surface area contributed by atoms with Gasteiger partial charge in [0.1, 0.15) is 0 Å². The molecule has 1 aliphatic carbocycles. The zero-order valence-corrected chi connectivity index (χ0v) is 21.3. The molecule has 2 unspecified atom stereocenters. The van der Waals surface area contributed by atoms with Crippen molar-refractivity contribution in [3.8, 4) is 0 Å². The van der Waals surface area contributed by atoms with E-state index in [-0.39, 0.29) is 22.6 Å². The second-order valence-electron chi connectivity index (χ2n) is 12.1. The normalized spacial score (nSPS) is 26.5. The van der Waals surface area contributed by atoms with Gasteiger partial charge in [-0.05, 0) is 92.4 Å². The Morgan fingerprint density at radius 1 is 1.03 bits per heavy atom. The van der Waals surface area contributed by atoms with Crippen molar-refractivity contribution in [2.24, 2.45) is 10.8 Å². The van der Waals surface area contributed by atoms with E-state index in [2.05, 4.69) is 46.9 Å². The summed E-state index contributed by atoms with van der Waals surface area (Å²) in [4.78, 5) is 34.7. The van der Waals surface area contributed by atoms with Crippen molar-refractivity contribution < 1.29 is 9.59 Å². The quantitative estimate of drug-likeness (QED) is 0.667. The Balaban J connectivity index is 1.12. The Kier molecular flexibility index (Phi) is 6.43. The molecule has 2 atom stereocenters. The maximum Gasteiger partial charge on any atom is 0.254 e. The lowest BCUT2D eigenvalue weighted by Gasteiger charge is -2.39. The van der Waals surface area contributed by atoms with Gasteiger partial charge in [0.2, 0.25) is 5.91 Å². The van der Waals surface area contributed by atoms with Crippen LogP contribution in [0.3, 0.4) is 0 Å². The van der Waals surface area contributed by atoms with Crippen LogP contribution in [0.5, 0.6) is 0 Å². The molecular weight excluding hydrogens is 436 g/mol. The average molecular weight is 475 g/mol. The Morgan fingerprint density at radius 2 is 1.77 bits per heavy atom. The largest absolute Gasteiger partial charge is 0.335 e. The maximum atomic E-state index is 13.3. The SMILES string of the molecule is CC1(C)CC2CC(C)(CN2C(=O)c2ccc(NC(=O)CN3CCC(c4ccccn4)CC3)cc2)C1. The Bertz CT molecular complexity index is 1060. The molecular formula is C29H38N4O2. The highest BCUT2D eigenvalue weighted by Crippen LogP contribution is 2.52. The Hall–Kier alpha value is -2.73. The second-order valence-corrected chi connectivity index (χ2v) is 12.1. The van der Waals surface area contributed by atoms with Crippen LogP contribution in [-0.4, -0.2) is 58.8 Å². The molecule has 2 amide bonds. The molecule has 3 aliphatic rings. The maximum absolute atomic E-state index is 13.3. The highest BCUT2D eigenvalue weighted by atomic mass is 16.2. The number of nitrogens with zero attached hydrogens (tertiary/aromatic N) is 3. The minimum Gasteiger partial charge on any atom is -0.335 e. The average Bonchev–Trinajstić information content (AvgIpc) is 3.08. The van der Waals surface area contributed by atoms with E-state index in [1.165, 1.54) is 6.42 Å². The molecule has 2 bridgehead atoms. The number of benzene rings is 1. The summed E-state index contributed by atoms with van der Waals surface area (Å²) in [7, 11) is 0. The summed E-state index contributed by atoms with van der Waals surface area (Å²) in [6, 6.07) is 13.8. The van der Waals surface area contributed by atoms with E-state index in [1.807, 2.05) is 42.6 Å². The highest BCUT2D eigenvalue weighted by molar-refractivity contribution is 5.96. The fourth-order valence-corrected chi connectivity index (χ4v) is 6.97. The van der Waals surface area contributed by atoms with Gasteiger partial charge >= 0.3 is 0 Å². The van der Waals surface area contributed by atoms with Crippen LogP contribution in [0, 0.1) is 10.8 Å². The molecule has 6 heteroatoms. The summed E-state index contributed by atoms with van der Waals surface area (Å²) in [6.07, 6.45) is 7.25. The zero-order chi connectivity index (χ0) is 24.6. The van der Waals surface area contributed by atoms with Crippen molar-refractivity contribution in [3.63, 3.8) is 0 Å². The number of piperidine rings is 1. The van der Waals surface area contributed by atoms with Gasteiger partial charge in [-0.25, -0.2) is 0 Å². The van der Waals surface area contributed by atoms with Crippen LogP contribution in [0.15, 0.2) is 48.7 Å². The van der Waals surface area contributed by atoms with E-state index < -0.39 is 0 Å². The van der Waals surface area contributed by atoms with Crippen molar-refractivity contribution in [2.75, 3.05) is 31.5 Å². The van der Waals surface area contributed by atoms with E-state index in [0.717, 1.165) is 56.7 Å². The van der Waals surface area contributed by atoms with E-state index in [0.29, 0.717) is 24.1 Å². The third-order valence-electron chi connectivity index (χ3n) is 8.15. The third-order valence-corrected chi connectivity index (χ3v) is 8.15. The van der Waals surface area contributed by atoms with Crippen molar-refractivity contribution in [2.45, 2.75) is 64.8 Å². The molecule has 1 aromatic heterocycles. The third kappa shape index (κ3) is 5.43. The van der Waals surface area contributed by atoms with E-state index in [9.17, 15) is 9.59 Å². The predicted molar refractivity (Wildman–Crippen MR) is 138 cm³/mol. The monoisotopic (exact) mass is 474 g/mol. The topological polar surface area (TPSA) is 65.5 Å². The molecule has 1 N–H and O–H groups in total. The van der Waals surface area contributed by atoms with Gasteiger partial charge in [-0.15, -0.1) is 0 Å². The highest BCUT2D eigenvalue weighted by Gasteiger charge is 2.51. The molecule has 1 aromatic carbocycles. The summed E-state index contributed by atoms with van der Waals surface area (Å²) in [6.45, 7) is 10.0. The van der Waals surface area contributed by atoms with Gasteiger partial charge < -0.3 is 10.2 Å². The van der Waals surface area contributed by atoms with Gasteiger partial charge in [0, 0.05) is 41.6 Å². The summed E-state index contributed by atoms with van der Waals surface area (Å²) >= 11 is 0. The van der Waals surface area contributed by atoms with Crippen molar-refractivity contribution in [1.82, 2.24) is 14.8 Å². The lowest BCUT2D eigenvalue weighted by molar-refractivity contribution is -0.117. The summed E-state index contributed by atoms with van der Waals surface area (Å²) in [5.41, 5.74) is 3.11. The molecule has 2 aromatic rings. The van der Waals surface area contributed by atoms with Crippen LogP contribution in [-0.2, 0) is 4.79 Å². The van der Waals surface area contributed by atoms with E-state index in [4.69, 9.17) is 0 Å². The number of amides is 2. The number of likely N-dealkylation sites (tertiary alicyclic amines) is 2. The molecule has 5 rings (SSSR count). The van der Waals surface area contributed by atoms with Crippen LogP contribution in [0.25, 0.3) is 0 Å². The predicted octanol–water partition coefficient (Wildman–Crippen LogP) is 4.94. The van der Waals surface area contributed by atoms with Gasteiger partial charge in [-0.1, -0.05) is 26.8 Å². The first-order valence-electron chi connectivity index (χ1n) is 13.0. The number of aromatic nitrogens is 1. The summed E-state index contributed by atoms with van der Waals surface area (Å²) in [5, 5.41) is 3.00. The standard InChI is InChI=1S/C29H38N4O2/c1-28(2)16-24-17-29(3,19-28)20-33(24)27(35)22-7-9-23(10-8-22)31-26(34)18-32-14-11-21(12-15-32)25-6-4-5-13-30-25/h4-10,13,21,24H,11-12,14-20H2,1-3H3,(H,31,34). The number of carbonyl (C=O) groups is 2. The number of hydrogen-bond donors (Lipinski definition) is 1. The van der Waals surface area contributed by atoms with Crippen molar-refractivity contribution >= 4 is 17.5 Å². The number of fused-ring (bicyclic) bond motifs is 2. The van der Waals surface area contributed by atoms with E-state index in [1.54, 1.807) is 0 Å². The van der Waals surface area contributed by atoms with Crippen molar-refractivity contribution in [3.05, 3.63) is 59.9 Å². The zero-order valence-electron chi connectivity index (χ0n) is 21.3. The van der Waals surface area contributed by atoms with Crippen LogP contribution < -0.4 is 5.32 Å². The molecule has 0 radical (unpaired) electrons. The molecule has 0 spiro atoms. The minimum atomic E-state index is -0.0103. The summed E-state index contributed by atoms with van der Waals surface area (Å²) in [5.74, 6) is 0.582. The number of nitrogens with one attached hydrogen (secondary N) is 1. The molecule has 2 aliphatic heterocycles. The van der Waals surface area contributed by atoms with Crippen LogP contribution in [0.2, 0.25) is 0 Å². The number of hydrogen-bond acceptors (Lipinski definition) is 4. The van der Waals surface area contributed by atoms with Gasteiger partial charge in [-0.2, -0.15) is 0 Å². The molecule has 35 heavy (non-hydrogen) atoms. The number of rotatable bonds is 5. The first kappa shape index (κ1) is 24.0. The minimum absolute atomic E-state index is 0.0103. The van der Waals surface area contributed by atoms with Gasteiger partial charge in [-0.3, -0.25) is 19.5 Å². The molecule has 1 saturated carbocycles. The fourth-order valence-electron chi connectivity index (χ4n) is 6.97. The van der Waals surface area contributed by atoms with Gasteiger partial charge in [0.25, 0.3) is 5.91 Å². The second kappa shape index (κ2) is 9.38. The Morgan fingerprint density at radius 3 is 2.46 bits per heavy atom. The van der Waals surface area contributed by atoms with E-state index >= 15 is 0 Å². The first-order chi connectivity index (χ1) is 16.7. The van der Waals surface area contributed by atoms with Crippen LogP contribution >= 0.6 is 0 Å². The number of anilines is 1. The smallest absolute Gasteiger partial charge is 0.254 e.